The number of hydrogen-bond donors (Lipinski definition) is 2. The van der Waals surface area contributed by atoms with E-state index in [1.807, 2.05) is 0 Å². The number of fused-ring (bicyclic) bond motifs is 1. The molecular formula is C8H6N3O. The zero-order chi connectivity index (χ0) is 8.55. The molecule has 0 aliphatic heterocycles. The van der Waals surface area contributed by atoms with Crippen LogP contribution in [0.1, 0.15) is 0 Å². The third-order valence-electron chi connectivity index (χ3n) is 1.57. The van der Waals surface area contributed by atoms with Crippen molar-refractivity contribution in [2.24, 2.45) is 0 Å². The molecule has 0 unspecified atom stereocenters. The number of nitrogens with one attached hydrogen (secondary N) is 1. The third-order valence-corrected chi connectivity index (χ3v) is 1.57. The van der Waals surface area contributed by atoms with Crippen molar-refractivity contribution in [1.29, 1.82) is 0 Å². The Morgan fingerprint density at radius 2 is 2.42 bits per heavy atom. The fourth-order valence-corrected chi connectivity index (χ4v) is 1.04. The summed E-state index contributed by atoms with van der Waals surface area (Å²) in [6.45, 7) is 0. The molecule has 0 atom stereocenters. The van der Waals surface area contributed by atoms with Gasteiger partial charge in [0.2, 0.25) is 5.95 Å². The van der Waals surface area contributed by atoms with E-state index in [2.05, 4.69) is 16.0 Å². The standard InChI is InChI=1S/C8H6N3O/c9-8-10-6-4-2-1-3-5(6)7(12)11-8/h2-4H,(H3,9,10,11,12). The van der Waals surface area contributed by atoms with Crippen LogP contribution >= 0.6 is 0 Å². The zero-order valence-corrected chi connectivity index (χ0v) is 6.16. The van der Waals surface area contributed by atoms with Crippen LogP contribution in [0.4, 0.5) is 5.95 Å². The van der Waals surface area contributed by atoms with Crippen LogP contribution < -0.4 is 11.3 Å². The molecule has 0 saturated carbocycles. The monoisotopic (exact) mass is 160 g/mol. The highest BCUT2D eigenvalue weighted by Gasteiger charge is 1.98. The summed E-state index contributed by atoms with van der Waals surface area (Å²) in [6, 6.07) is 7.76. The number of aromatic nitrogens is 2. The molecular weight excluding hydrogens is 154 g/mol. The topological polar surface area (TPSA) is 71.8 Å². The Labute approximate surface area is 68.1 Å². The van der Waals surface area contributed by atoms with E-state index < -0.39 is 0 Å². The second-order valence-corrected chi connectivity index (χ2v) is 2.39. The molecule has 4 nitrogen and oxygen atoms in total. The number of aromatic amines is 1. The van der Waals surface area contributed by atoms with Gasteiger partial charge in [0.1, 0.15) is 0 Å². The van der Waals surface area contributed by atoms with E-state index in [4.69, 9.17) is 5.73 Å². The van der Waals surface area contributed by atoms with Gasteiger partial charge in [0.05, 0.1) is 10.9 Å². The lowest BCUT2D eigenvalue weighted by Crippen LogP contribution is -2.10. The van der Waals surface area contributed by atoms with Crippen molar-refractivity contribution in [3.8, 4) is 0 Å². The first-order valence-corrected chi connectivity index (χ1v) is 3.43. The second kappa shape index (κ2) is 2.34. The molecule has 2 rings (SSSR count). The molecule has 0 aliphatic carbocycles. The number of nitrogens with zero attached hydrogens (tertiary/aromatic N) is 1. The maximum atomic E-state index is 11.2. The van der Waals surface area contributed by atoms with Gasteiger partial charge in [0.25, 0.3) is 5.56 Å². The molecule has 3 N–H and O–H groups in total. The lowest BCUT2D eigenvalue weighted by atomic mass is 10.2. The molecule has 1 aromatic carbocycles. The number of nitrogen functional groups attached to an aromatic ring is 1. The molecule has 2 aromatic rings. The quantitative estimate of drug-likeness (QED) is 0.582. The number of nitrogens with two attached hydrogens (primary N) is 1. The minimum absolute atomic E-state index is 0.138. The molecule has 59 valence electrons. The van der Waals surface area contributed by atoms with Crippen molar-refractivity contribution in [1.82, 2.24) is 9.97 Å². The average Bonchev–Trinajstić information content (AvgIpc) is 2.04. The molecule has 0 aliphatic rings. The van der Waals surface area contributed by atoms with E-state index in [1.165, 1.54) is 0 Å². The number of rotatable bonds is 0. The van der Waals surface area contributed by atoms with Gasteiger partial charge in [-0.25, -0.2) is 4.98 Å². The Hall–Kier alpha value is -1.84. The number of H-pyrrole nitrogens is 1. The Morgan fingerprint density at radius 1 is 1.58 bits per heavy atom. The largest absolute Gasteiger partial charge is 0.369 e. The molecule has 12 heavy (non-hydrogen) atoms. The van der Waals surface area contributed by atoms with Crippen molar-refractivity contribution in [3.05, 3.63) is 34.6 Å². The van der Waals surface area contributed by atoms with Gasteiger partial charge in [-0.2, -0.15) is 0 Å². The number of benzene rings is 1. The Kier molecular flexibility index (Phi) is 1.33. The molecule has 0 bridgehead atoms. The SMILES string of the molecule is Nc1nc2cc[c]cc2c(=O)[nH]1. The van der Waals surface area contributed by atoms with Crippen LogP contribution in [0.25, 0.3) is 10.9 Å². The Bertz CT molecular complexity index is 475. The maximum Gasteiger partial charge on any atom is 0.260 e. The van der Waals surface area contributed by atoms with Crippen molar-refractivity contribution in [3.63, 3.8) is 0 Å². The van der Waals surface area contributed by atoms with E-state index in [1.54, 1.807) is 18.2 Å². The van der Waals surface area contributed by atoms with Crippen molar-refractivity contribution in [2.75, 3.05) is 5.73 Å². The van der Waals surface area contributed by atoms with Crippen LogP contribution in [-0.2, 0) is 0 Å². The van der Waals surface area contributed by atoms with Crippen LogP contribution in [-0.4, -0.2) is 9.97 Å². The molecule has 1 radical (unpaired) electrons. The van der Waals surface area contributed by atoms with Crippen LogP contribution in [0.15, 0.2) is 23.0 Å². The molecule has 0 amide bonds. The van der Waals surface area contributed by atoms with Gasteiger partial charge in [-0.1, -0.05) is 6.07 Å². The normalized spacial score (nSPS) is 10.3. The minimum atomic E-state index is -0.227. The maximum absolute atomic E-state index is 11.2. The highest BCUT2D eigenvalue weighted by Crippen LogP contribution is 2.04. The molecule has 0 spiro atoms. The predicted octanol–water partition coefficient (Wildman–Crippen LogP) is 0.305. The molecule has 1 aromatic heterocycles. The lowest BCUT2D eigenvalue weighted by Gasteiger charge is -1.95. The summed E-state index contributed by atoms with van der Waals surface area (Å²) >= 11 is 0. The highest BCUT2D eigenvalue weighted by molar-refractivity contribution is 5.77. The Balaban J connectivity index is 2.99. The van der Waals surface area contributed by atoms with Crippen LogP contribution in [0.5, 0.6) is 0 Å². The second-order valence-electron chi connectivity index (χ2n) is 2.39. The summed E-state index contributed by atoms with van der Waals surface area (Å²) in [5.41, 5.74) is 5.71. The summed E-state index contributed by atoms with van der Waals surface area (Å²) in [7, 11) is 0. The van der Waals surface area contributed by atoms with Gasteiger partial charge in [0.15, 0.2) is 0 Å². The first-order valence-electron chi connectivity index (χ1n) is 3.43. The molecule has 0 saturated heterocycles. The molecule has 1 heterocycles. The summed E-state index contributed by atoms with van der Waals surface area (Å²) in [5, 5.41) is 0.506. The fraction of sp³-hybridized carbons (Fsp3) is 0. The van der Waals surface area contributed by atoms with Crippen LogP contribution in [0.2, 0.25) is 0 Å². The number of hydrogen-bond acceptors (Lipinski definition) is 3. The molecule has 4 heteroatoms. The van der Waals surface area contributed by atoms with E-state index >= 15 is 0 Å². The van der Waals surface area contributed by atoms with Gasteiger partial charge in [-0.3, -0.25) is 9.78 Å². The Morgan fingerprint density at radius 3 is 3.25 bits per heavy atom. The van der Waals surface area contributed by atoms with Gasteiger partial charge < -0.3 is 5.73 Å². The summed E-state index contributed by atoms with van der Waals surface area (Å²) in [6.07, 6.45) is 0. The van der Waals surface area contributed by atoms with Crippen molar-refractivity contribution in [2.45, 2.75) is 0 Å². The first-order chi connectivity index (χ1) is 5.77. The van der Waals surface area contributed by atoms with Crippen LogP contribution in [0.3, 0.4) is 0 Å². The van der Waals surface area contributed by atoms with Crippen LogP contribution in [0, 0.1) is 6.07 Å². The average molecular weight is 160 g/mol. The van der Waals surface area contributed by atoms with E-state index in [9.17, 15) is 4.79 Å². The summed E-state index contributed by atoms with van der Waals surface area (Å²) < 4.78 is 0. The van der Waals surface area contributed by atoms with Crippen molar-refractivity contribution < 1.29 is 0 Å². The van der Waals surface area contributed by atoms with E-state index in [0.717, 1.165) is 0 Å². The van der Waals surface area contributed by atoms with Gasteiger partial charge in [-0.15, -0.1) is 0 Å². The summed E-state index contributed by atoms with van der Waals surface area (Å²) in [4.78, 5) is 17.5. The van der Waals surface area contributed by atoms with Gasteiger partial charge in [-0.05, 0) is 18.2 Å². The lowest BCUT2D eigenvalue weighted by molar-refractivity contribution is 1.19. The van der Waals surface area contributed by atoms with Gasteiger partial charge in [0, 0.05) is 0 Å². The smallest absolute Gasteiger partial charge is 0.260 e. The van der Waals surface area contributed by atoms with E-state index in [-0.39, 0.29) is 11.5 Å². The summed E-state index contributed by atoms with van der Waals surface area (Å²) in [5.74, 6) is 0.138. The van der Waals surface area contributed by atoms with Crippen molar-refractivity contribution >= 4 is 16.9 Å². The van der Waals surface area contributed by atoms with Gasteiger partial charge >= 0.3 is 0 Å². The predicted molar refractivity (Wildman–Crippen MR) is 45.6 cm³/mol. The first kappa shape index (κ1) is 6.84. The molecule has 0 fully saturated rings. The highest BCUT2D eigenvalue weighted by atomic mass is 16.1. The van der Waals surface area contributed by atoms with E-state index in [0.29, 0.717) is 10.9 Å². The fourth-order valence-electron chi connectivity index (χ4n) is 1.04. The number of anilines is 1. The third kappa shape index (κ3) is 0.934. The zero-order valence-electron chi connectivity index (χ0n) is 6.16. The minimum Gasteiger partial charge on any atom is -0.369 e.